The highest BCUT2D eigenvalue weighted by Gasteiger charge is 2.40. The predicted molar refractivity (Wildman–Crippen MR) is 65.1 cm³/mol. The van der Waals surface area contributed by atoms with Crippen molar-refractivity contribution in [3.8, 4) is 0 Å². The standard InChI is InChI=1S/C9H13N3O2S2/c10-5-9(1-3-15-4-2-9)6(13)7-11-8(14)16-12-7/h1-5,10H2,(H,11,12,14). The van der Waals surface area contributed by atoms with Crippen LogP contribution < -0.4 is 10.6 Å². The number of ketones is 1. The van der Waals surface area contributed by atoms with Crippen LogP contribution in [0.1, 0.15) is 23.5 Å². The van der Waals surface area contributed by atoms with Gasteiger partial charge < -0.3 is 5.73 Å². The smallest absolute Gasteiger partial charge is 0.323 e. The summed E-state index contributed by atoms with van der Waals surface area (Å²) in [5, 5.41) is 0. The first kappa shape index (κ1) is 11.8. The second-order valence-corrected chi connectivity index (χ2v) is 5.83. The van der Waals surface area contributed by atoms with Gasteiger partial charge in [0.1, 0.15) is 0 Å². The molecule has 16 heavy (non-hydrogen) atoms. The van der Waals surface area contributed by atoms with Crippen molar-refractivity contribution in [2.45, 2.75) is 12.8 Å². The number of hydrogen-bond donors (Lipinski definition) is 2. The van der Waals surface area contributed by atoms with Gasteiger partial charge in [0.25, 0.3) is 0 Å². The van der Waals surface area contributed by atoms with Gasteiger partial charge in [-0.25, -0.2) is 0 Å². The molecule has 7 heteroatoms. The van der Waals surface area contributed by atoms with Crippen LogP contribution >= 0.6 is 23.3 Å². The summed E-state index contributed by atoms with van der Waals surface area (Å²) in [5.41, 5.74) is 5.23. The van der Waals surface area contributed by atoms with Gasteiger partial charge in [-0.15, -0.1) is 0 Å². The molecule has 0 radical (unpaired) electrons. The van der Waals surface area contributed by atoms with Crippen molar-refractivity contribution in [3.05, 3.63) is 15.5 Å². The van der Waals surface area contributed by atoms with E-state index in [0.29, 0.717) is 6.54 Å². The van der Waals surface area contributed by atoms with Crippen LogP contribution in [-0.2, 0) is 0 Å². The zero-order valence-electron chi connectivity index (χ0n) is 8.69. The van der Waals surface area contributed by atoms with Crippen LogP contribution in [0.2, 0.25) is 0 Å². The van der Waals surface area contributed by atoms with Crippen molar-refractivity contribution in [2.75, 3.05) is 18.1 Å². The lowest BCUT2D eigenvalue weighted by Crippen LogP contribution is -2.42. The normalized spacial score (nSPS) is 19.6. The number of hydrogen-bond acceptors (Lipinski definition) is 6. The maximum Gasteiger partial charge on any atom is 0.323 e. The van der Waals surface area contributed by atoms with Crippen LogP contribution in [0.4, 0.5) is 0 Å². The summed E-state index contributed by atoms with van der Waals surface area (Å²) in [4.78, 5) is 25.4. The number of thioether (sulfide) groups is 1. The van der Waals surface area contributed by atoms with Crippen molar-refractivity contribution >= 4 is 29.1 Å². The third-order valence-electron chi connectivity index (χ3n) is 2.98. The van der Waals surface area contributed by atoms with Crippen molar-refractivity contribution in [1.29, 1.82) is 0 Å². The molecule has 2 heterocycles. The minimum atomic E-state index is -0.512. The molecule has 0 spiro atoms. The monoisotopic (exact) mass is 259 g/mol. The second kappa shape index (κ2) is 4.68. The molecule has 3 N–H and O–H groups in total. The first-order valence-electron chi connectivity index (χ1n) is 5.06. The molecule has 0 atom stereocenters. The molecule has 2 rings (SSSR count). The Hall–Kier alpha value is -0.660. The van der Waals surface area contributed by atoms with Gasteiger partial charge in [-0.05, 0) is 24.3 Å². The molecule has 1 fully saturated rings. The molecule has 1 aliphatic heterocycles. The number of Topliss-reactive ketones (excluding diaryl/α,β-unsaturated/α-hetero) is 1. The largest absolute Gasteiger partial charge is 0.329 e. The van der Waals surface area contributed by atoms with Crippen LogP contribution in [0.5, 0.6) is 0 Å². The SMILES string of the molecule is NCC1(C(=O)c2nsc(=O)[nH]2)CCSCC1. The Bertz CT molecular complexity index is 434. The van der Waals surface area contributed by atoms with E-state index in [-0.39, 0.29) is 16.5 Å². The fourth-order valence-corrected chi connectivity index (χ4v) is 3.58. The van der Waals surface area contributed by atoms with Gasteiger partial charge in [0.15, 0.2) is 5.82 Å². The molecule has 5 nitrogen and oxygen atoms in total. The van der Waals surface area contributed by atoms with Crippen LogP contribution in [0.3, 0.4) is 0 Å². The predicted octanol–water partition coefficient (Wildman–Crippen LogP) is 0.486. The number of carbonyl (C=O) groups excluding carboxylic acids is 1. The minimum Gasteiger partial charge on any atom is -0.329 e. The Balaban J connectivity index is 2.27. The van der Waals surface area contributed by atoms with E-state index < -0.39 is 5.41 Å². The van der Waals surface area contributed by atoms with Crippen molar-refractivity contribution in [3.63, 3.8) is 0 Å². The number of rotatable bonds is 3. The summed E-state index contributed by atoms with van der Waals surface area (Å²) in [6.07, 6.45) is 1.54. The first-order chi connectivity index (χ1) is 7.68. The Morgan fingerprint density at radius 3 is 2.69 bits per heavy atom. The van der Waals surface area contributed by atoms with Gasteiger partial charge in [0, 0.05) is 18.1 Å². The molecule has 0 aromatic carbocycles. The van der Waals surface area contributed by atoms with Gasteiger partial charge in [-0.1, -0.05) is 0 Å². The molecule has 88 valence electrons. The number of carbonyl (C=O) groups is 1. The summed E-state index contributed by atoms with van der Waals surface area (Å²) in [6, 6.07) is 0. The third kappa shape index (κ3) is 2.07. The lowest BCUT2D eigenvalue weighted by molar-refractivity contribution is 0.0776. The molecule has 1 aliphatic rings. The Morgan fingerprint density at radius 1 is 1.50 bits per heavy atom. The van der Waals surface area contributed by atoms with E-state index in [1.807, 2.05) is 11.8 Å². The molecule has 0 aliphatic carbocycles. The van der Waals surface area contributed by atoms with E-state index in [0.717, 1.165) is 35.9 Å². The van der Waals surface area contributed by atoms with Gasteiger partial charge in [0.05, 0.1) is 5.41 Å². The number of nitrogens with two attached hydrogens (primary N) is 1. The summed E-state index contributed by atoms with van der Waals surface area (Å²) in [6.45, 7) is 0.325. The van der Waals surface area contributed by atoms with Crippen LogP contribution in [0, 0.1) is 5.41 Å². The molecule has 0 bridgehead atoms. The fourth-order valence-electron chi connectivity index (χ4n) is 1.86. The van der Waals surface area contributed by atoms with Gasteiger partial charge >= 0.3 is 4.87 Å². The van der Waals surface area contributed by atoms with Gasteiger partial charge in [-0.3, -0.25) is 14.6 Å². The molecule has 0 unspecified atom stereocenters. The van der Waals surface area contributed by atoms with E-state index >= 15 is 0 Å². The molecular weight excluding hydrogens is 246 g/mol. The van der Waals surface area contributed by atoms with E-state index in [9.17, 15) is 9.59 Å². The summed E-state index contributed by atoms with van der Waals surface area (Å²) in [7, 11) is 0. The average Bonchev–Trinajstić information content (AvgIpc) is 2.76. The van der Waals surface area contributed by atoms with E-state index in [4.69, 9.17) is 5.73 Å². The maximum atomic E-state index is 12.3. The second-order valence-electron chi connectivity index (χ2n) is 3.87. The Labute approximate surface area is 101 Å². The topological polar surface area (TPSA) is 88.8 Å². The lowest BCUT2D eigenvalue weighted by Gasteiger charge is -2.33. The first-order valence-corrected chi connectivity index (χ1v) is 6.99. The van der Waals surface area contributed by atoms with Crippen LogP contribution in [-0.4, -0.2) is 33.2 Å². The molecule has 0 saturated carbocycles. The Morgan fingerprint density at radius 2 is 2.19 bits per heavy atom. The van der Waals surface area contributed by atoms with Crippen LogP contribution in [0.25, 0.3) is 0 Å². The summed E-state index contributed by atoms with van der Waals surface area (Å²) >= 11 is 2.61. The zero-order chi connectivity index (χ0) is 11.6. The Kier molecular flexibility index (Phi) is 3.46. The highest BCUT2D eigenvalue weighted by molar-refractivity contribution is 7.99. The average molecular weight is 259 g/mol. The molecule has 1 saturated heterocycles. The number of H-pyrrole nitrogens is 1. The molecule has 1 aromatic heterocycles. The van der Waals surface area contributed by atoms with Gasteiger partial charge in [-0.2, -0.15) is 16.1 Å². The van der Waals surface area contributed by atoms with E-state index in [1.165, 1.54) is 0 Å². The maximum absolute atomic E-state index is 12.3. The molecule has 0 amide bonds. The van der Waals surface area contributed by atoms with Crippen molar-refractivity contribution < 1.29 is 4.79 Å². The highest BCUT2D eigenvalue weighted by Crippen LogP contribution is 2.36. The highest BCUT2D eigenvalue weighted by atomic mass is 32.2. The number of nitrogens with one attached hydrogen (secondary N) is 1. The number of nitrogens with zero attached hydrogens (tertiary/aromatic N) is 1. The summed E-state index contributed by atoms with van der Waals surface area (Å²) in [5.74, 6) is 1.95. The lowest BCUT2D eigenvalue weighted by atomic mass is 9.77. The zero-order valence-corrected chi connectivity index (χ0v) is 10.3. The van der Waals surface area contributed by atoms with Gasteiger partial charge in [0.2, 0.25) is 5.78 Å². The fraction of sp³-hybridized carbons (Fsp3) is 0.667. The van der Waals surface area contributed by atoms with Crippen molar-refractivity contribution in [1.82, 2.24) is 9.36 Å². The van der Waals surface area contributed by atoms with Crippen LogP contribution in [0.15, 0.2) is 4.79 Å². The van der Waals surface area contributed by atoms with E-state index in [1.54, 1.807) is 0 Å². The van der Waals surface area contributed by atoms with Crippen molar-refractivity contribution in [2.24, 2.45) is 11.1 Å². The minimum absolute atomic E-state index is 0.103. The number of aromatic nitrogens is 2. The quantitative estimate of drug-likeness (QED) is 0.771. The number of aromatic amines is 1. The molecular formula is C9H13N3O2S2. The third-order valence-corrected chi connectivity index (χ3v) is 4.51. The van der Waals surface area contributed by atoms with E-state index in [2.05, 4.69) is 9.36 Å². The molecule has 1 aromatic rings. The summed E-state index contributed by atoms with van der Waals surface area (Å²) < 4.78 is 3.85.